The summed E-state index contributed by atoms with van der Waals surface area (Å²) >= 11 is 1.59. The fraction of sp³-hybridized carbons (Fsp3) is 0.600. The summed E-state index contributed by atoms with van der Waals surface area (Å²) in [5.74, 6) is -0.262. The molecular weight excluding hydrogens is 743 g/mol. The standard InChI is InChI=1S/C45H57N3O8S/c1-8-12-54-29-10-11-32-34(17-29)46-35(36-24-57-40(47-36)13-25(3)4)20-39(32)55-31-18-37(38(49)22-45(43(52)53)21-28(45)9-2)48(23-31)42(51)33(44(5,6)7)19-41(50)56-30-15-26-14-27(26)16-30/h9-11,17,20,24-28,30-31,33,37H,2,8,12-16,18-19,21-23H2,1,3-7H3,(H,52,53)/t26-,27+,28-,30?,31+,33+,37+,45-/m1/s1. The third-order valence-corrected chi connectivity index (χ3v) is 13.2. The summed E-state index contributed by atoms with van der Waals surface area (Å²) in [5, 5.41) is 14.0. The van der Waals surface area contributed by atoms with E-state index in [1.807, 2.05) is 57.3 Å². The lowest BCUT2D eigenvalue weighted by Crippen LogP contribution is -2.48. The summed E-state index contributed by atoms with van der Waals surface area (Å²) in [6, 6.07) is 6.60. The number of allylic oxidation sites excluding steroid dienone is 1. The van der Waals surface area contributed by atoms with Crippen LogP contribution in [0, 0.1) is 40.4 Å². The van der Waals surface area contributed by atoms with Crippen LogP contribution in [0.5, 0.6) is 11.5 Å². The van der Waals surface area contributed by atoms with Gasteiger partial charge in [-0.1, -0.05) is 47.6 Å². The average molecular weight is 800 g/mol. The Morgan fingerprint density at radius 3 is 2.46 bits per heavy atom. The van der Waals surface area contributed by atoms with Gasteiger partial charge in [0.2, 0.25) is 5.91 Å². The van der Waals surface area contributed by atoms with Crippen LogP contribution in [-0.4, -0.2) is 75.0 Å². The van der Waals surface area contributed by atoms with E-state index < -0.39 is 40.8 Å². The molecule has 0 spiro atoms. The topological polar surface area (TPSA) is 145 Å². The van der Waals surface area contributed by atoms with Crippen LogP contribution in [0.25, 0.3) is 22.3 Å². The summed E-state index contributed by atoms with van der Waals surface area (Å²) in [4.78, 5) is 66.4. The van der Waals surface area contributed by atoms with Gasteiger partial charge in [-0.25, -0.2) is 9.97 Å². The second kappa shape index (κ2) is 16.1. The summed E-state index contributed by atoms with van der Waals surface area (Å²) in [6.07, 6.45) is 5.69. The van der Waals surface area contributed by atoms with Crippen molar-refractivity contribution in [2.75, 3.05) is 13.2 Å². The maximum Gasteiger partial charge on any atom is 0.310 e. The number of carboxylic acid groups (broad SMARTS) is 1. The quantitative estimate of drug-likeness (QED) is 0.105. The minimum Gasteiger partial charge on any atom is -0.494 e. The molecule has 1 aliphatic heterocycles. The van der Waals surface area contributed by atoms with Crippen molar-refractivity contribution in [2.24, 2.45) is 40.4 Å². The Morgan fingerprint density at radius 1 is 1.05 bits per heavy atom. The fourth-order valence-electron chi connectivity index (χ4n) is 8.91. The third kappa shape index (κ3) is 8.91. The maximum atomic E-state index is 14.8. The lowest BCUT2D eigenvalue weighted by Gasteiger charge is -2.35. The van der Waals surface area contributed by atoms with Gasteiger partial charge in [0.1, 0.15) is 23.7 Å². The largest absolute Gasteiger partial charge is 0.494 e. The van der Waals surface area contributed by atoms with Crippen LogP contribution in [0.15, 0.2) is 42.3 Å². The van der Waals surface area contributed by atoms with Gasteiger partial charge in [0.25, 0.3) is 0 Å². The number of likely N-dealkylation sites (tertiary alicyclic amines) is 1. The first-order chi connectivity index (χ1) is 27.1. The smallest absolute Gasteiger partial charge is 0.310 e. The monoisotopic (exact) mass is 799 g/mol. The Hall–Kier alpha value is -4.32. The number of carbonyl (C=O) groups is 4. The van der Waals surface area contributed by atoms with E-state index in [4.69, 9.17) is 24.2 Å². The van der Waals surface area contributed by atoms with Gasteiger partial charge in [0.05, 0.1) is 58.9 Å². The molecule has 7 rings (SSSR count). The molecule has 57 heavy (non-hydrogen) atoms. The molecule has 4 fully saturated rings. The molecule has 0 bridgehead atoms. The van der Waals surface area contributed by atoms with Gasteiger partial charge in [-0.3, -0.25) is 19.2 Å². The van der Waals surface area contributed by atoms with Crippen LogP contribution in [0.4, 0.5) is 0 Å². The predicted octanol–water partition coefficient (Wildman–Crippen LogP) is 8.32. The van der Waals surface area contributed by atoms with E-state index in [0.29, 0.717) is 53.5 Å². The van der Waals surface area contributed by atoms with Crippen LogP contribution in [0.2, 0.25) is 0 Å². The first kappa shape index (κ1) is 40.9. The van der Waals surface area contributed by atoms with Gasteiger partial charge in [-0.05, 0) is 73.3 Å². The van der Waals surface area contributed by atoms with Crippen LogP contribution in [0.3, 0.4) is 0 Å². The number of ketones is 1. The molecule has 4 aliphatic rings. The number of carbonyl (C=O) groups excluding carboxylic acids is 3. The third-order valence-electron chi connectivity index (χ3n) is 12.4. The lowest BCUT2D eigenvalue weighted by atomic mass is 9.77. The number of carboxylic acids is 1. The minimum absolute atomic E-state index is 0.0832. The van der Waals surface area contributed by atoms with Gasteiger partial charge in [0, 0.05) is 42.2 Å². The van der Waals surface area contributed by atoms with E-state index in [-0.39, 0.29) is 49.5 Å². The Labute approximate surface area is 339 Å². The highest BCUT2D eigenvalue weighted by molar-refractivity contribution is 7.09. The highest BCUT2D eigenvalue weighted by atomic mass is 32.1. The number of nitrogens with zero attached hydrogens (tertiary/aromatic N) is 3. The second-order valence-electron chi connectivity index (χ2n) is 18.4. The van der Waals surface area contributed by atoms with Crippen molar-refractivity contribution in [1.82, 2.24) is 14.9 Å². The van der Waals surface area contributed by atoms with Gasteiger partial charge < -0.3 is 24.2 Å². The molecule has 2 aromatic heterocycles. The summed E-state index contributed by atoms with van der Waals surface area (Å²) in [5.41, 5.74) is 0.147. The number of thiazole rings is 1. The zero-order chi connectivity index (χ0) is 40.8. The number of aliphatic carboxylic acids is 1. The normalized spacial score (nSPS) is 26.9. The molecule has 12 heteroatoms. The maximum absolute atomic E-state index is 14.8. The first-order valence-corrected chi connectivity index (χ1v) is 21.5. The number of amides is 1. The first-order valence-electron chi connectivity index (χ1n) is 20.7. The van der Waals surface area contributed by atoms with E-state index in [2.05, 4.69) is 20.4 Å². The Balaban J connectivity index is 1.19. The SMILES string of the molecule is C=C[C@@H]1C[C@]1(CC(=O)[C@@H]1C[C@H](Oc2cc(-c3csc(CC(C)C)n3)nc3cc(OCCC)ccc23)CN1C(=O)[C@H](CC(=O)OC1C[C@@H]2C[C@@H]2C1)C(C)(C)C)C(=O)O. The van der Waals surface area contributed by atoms with Crippen molar-refractivity contribution in [3.8, 4) is 22.9 Å². The average Bonchev–Trinajstić information content (AvgIpc) is 3.82. The van der Waals surface area contributed by atoms with Crippen LogP contribution >= 0.6 is 11.3 Å². The summed E-state index contributed by atoms with van der Waals surface area (Å²) < 4.78 is 18.7. The Kier molecular flexibility index (Phi) is 11.6. The molecule has 3 aliphatic carbocycles. The number of hydrogen-bond acceptors (Lipinski definition) is 10. The van der Waals surface area contributed by atoms with Crippen molar-refractivity contribution >= 4 is 45.9 Å². The number of hydrogen-bond donors (Lipinski definition) is 1. The molecule has 3 saturated carbocycles. The van der Waals surface area contributed by atoms with Crippen molar-refractivity contribution in [3.05, 3.63) is 47.3 Å². The molecule has 3 heterocycles. The molecule has 11 nitrogen and oxygen atoms in total. The van der Waals surface area contributed by atoms with Gasteiger partial charge >= 0.3 is 11.9 Å². The highest BCUT2D eigenvalue weighted by Crippen LogP contribution is 2.57. The van der Waals surface area contributed by atoms with Crippen molar-refractivity contribution < 1.29 is 38.5 Å². The molecule has 1 amide bonds. The van der Waals surface area contributed by atoms with Crippen molar-refractivity contribution in [2.45, 2.75) is 118 Å². The van der Waals surface area contributed by atoms with E-state index in [0.717, 1.165) is 41.8 Å². The molecule has 3 aromatic rings. The minimum atomic E-state index is -1.24. The van der Waals surface area contributed by atoms with E-state index in [9.17, 15) is 24.3 Å². The summed E-state index contributed by atoms with van der Waals surface area (Å²) in [7, 11) is 0. The number of aromatic nitrogens is 2. The van der Waals surface area contributed by atoms with E-state index in [1.54, 1.807) is 22.3 Å². The van der Waals surface area contributed by atoms with Crippen molar-refractivity contribution in [1.29, 1.82) is 0 Å². The van der Waals surface area contributed by atoms with E-state index in [1.165, 1.54) is 6.42 Å². The molecule has 8 atom stereocenters. The Morgan fingerprint density at radius 2 is 1.81 bits per heavy atom. The van der Waals surface area contributed by atoms with Gasteiger partial charge in [-0.15, -0.1) is 17.9 Å². The second-order valence-corrected chi connectivity index (χ2v) is 19.3. The summed E-state index contributed by atoms with van der Waals surface area (Å²) in [6.45, 7) is 16.6. The molecule has 1 N–H and O–H groups in total. The number of ether oxygens (including phenoxy) is 3. The number of rotatable bonds is 17. The molecule has 1 unspecified atom stereocenters. The zero-order valence-electron chi connectivity index (χ0n) is 34.1. The molecule has 0 radical (unpaired) electrons. The van der Waals surface area contributed by atoms with Gasteiger partial charge in [0.15, 0.2) is 5.78 Å². The van der Waals surface area contributed by atoms with Crippen LogP contribution < -0.4 is 9.47 Å². The zero-order valence-corrected chi connectivity index (χ0v) is 34.9. The fourth-order valence-corrected chi connectivity index (χ4v) is 9.92. The number of pyridine rings is 1. The highest BCUT2D eigenvalue weighted by Gasteiger charge is 2.61. The van der Waals surface area contributed by atoms with Crippen LogP contribution in [0.1, 0.15) is 97.9 Å². The number of Topliss-reactive ketones (excluding diaryl/α,β-unsaturated/α-hetero) is 1. The van der Waals surface area contributed by atoms with Gasteiger partial charge in [-0.2, -0.15) is 0 Å². The molecule has 1 aromatic carbocycles. The molecule has 306 valence electrons. The number of esters is 1. The van der Waals surface area contributed by atoms with Crippen LogP contribution in [-0.2, 0) is 30.3 Å². The van der Waals surface area contributed by atoms with Crippen molar-refractivity contribution in [3.63, 3.8) is 0 Å². The predicted molar refractivity (Wildman–Crippen MR) is 218 cm³/mol. The number of benzene rings is 1. The molecular formula is C45H57N3O8S. The number of fused-ring (bicyclic) bond motifs is 2. The lowest BCUT2D eigenvalue weighted by molar-refractivity contribution is -0.157. The Bertz CT molecular complexity index is 2030. The molecule has 1 saturated heterocycles. The van der Waals surface area contributed by atoms with E-state index >= 15 is 0 Å².